The molecule has 3 rings (SSSR count). The van der Waals surface area contributed by atoms with Gasteiger partial charge in [-0.25, -0.2) is 0 Å². The standard InChI is InChI=1S/C15H8ClNO5/c16-11-4-1-8(5-12(11)17(20)21)6-14-15(19)10-3-2-9(18)7-13(10)22-14/h1-7,18H. The van der Waals surface area contributed by atoms with Crippen molar-refractivity contribution in [2.45, 2.75) is 0 Å². The Hall–Kier alpha value is -2.86. The van der Waals surface area contributed by atoms with Crippen LogP contribution in [-0.4, -0.2) is 15.8 Å². The third kappa shape index (κ3) is 2.40. The fourth-order valence-corrected chi connectivity index (χ4v) is 2.27. The van der Waals surface area contributed by atoms with Crippen molar-refractivity contribution in [1.82, 2.24) is 0 Å². The van der Waals surface area contributed by atoms with Gasteiger partial charge >= 0.3 is 0 Å². The smallest absolute Gasteiger partial charge is 0.288 e. The maximum absolute atomic E-state index is 12.2. The summed E-state index contributed by atoms with van der Waals surface area (Å²) in [7, 11) is 0. The van der Waals surface area contributed by atoms with Crippen LogP contribution in [0.3, 0.4) is 0 Å². The Morgan fingerprint density at radius 2 is 2.00 bits per heavy atom. The van der Waals surface area contributed by atoms with Crippen molar-refractivity contribution in [3.63, 3.8) is 0 Å². The average Bonchev–Trinajstić information content (AvgIpc) is 2.76. The van der Waals surface area contributed by atoms with Crippen molar-refractivity contribution in [2.75, 3.05) is 0 Å². The number of phenolic OH excluding ortho intramolecular Hbond substituents is 1. The van der Waals surface area contributed by atoms with E-state index in [2.05, 4.69) is 0 Å². The van der Waals surface area contributed by atoms with Gasteiger partial charge in [0.25, 0.3) is 5.69 Å². The largest absolute Gasteiger partial charge is 0.508 e. The van der Waals surface area contributed by atoms with Crippen molar-refractivity contribution in [2.24, 2.45) is 0 Å². The van der Waals surface area contributed by atoms with Gasteiger partial charge in [-0.05, 0) is 29.8 Å². The lowest BCUT2D eigenvalue weighted by atomic mass is 10.1. The van der Waals surface area contributed by atoms with Crippen LogP contribution in [-0.2, 0) is 0 Å². The summed E-state index contributed by atoms with van der Waals surface area (Å²) in [6, 6.07) is 8.35. The van der Waals surface area contributed by atoms with Gasteiger partial charge in [0.1, 0.15) is 16.5 Å². The number of hydrogen-bond acceptors (Lipinski definition) is 5. The molecule has 0 bridgehead atoms. The second-order valence-corrected chi connectivity index (χ2v) is 5.00. The van der Waals surface area contributed by atoms with Crippen LogP contribution in [0.4, 0.5) is 5.69 Å². The molecule has 0 aromatic heterocycles. The highest BCUT2D eigenvalue weighted by Gasteiger charge is 2.27. The molecule has 1 heterocycles. The Morgan fingerprint density at radius 3 is 2.73 bits per heavy atom. The minimum Gasteiger partial charge on any atom is -0.508 e. The lowest BCUT2D eigenvalue weighted by Gasteiger charge is -2.00. The van der Waals surface area contributed by atoms with Crippen LogP contribution in [0, 0.1) is 10.1 Å². The highest BCUT2D eigenvalue weighted by Crippen LogP contribution is 2.35. The number of ketones is 1. The number of Topliss-reactive ketones (excluding diaryl/α,β-unsaturated/α-hetero) is 1. The number of aromatic hydroxyl groups is 1. The number of halogens is 1. The molecule has 0 saturated heterocycles. The predicted octanol–water partition coefficient (Wildman–Crippen LogP) is 3.57. The van der Waals surface area contributed by atoms with E-state index < -0.39 is 4.92 Å². The molecule has 0 spiro atoms. The molecule has 0 atom stereocenters. The number of allylic oxidation sites excluding steroid dienone is 1. The van der Waals surface area contributed by atoms with E-state index in [0.29, 0.717) is 11.1 Å². The summed E-state index contributed by atoms with van der Waals surface area (Å²) in [4.78, 5) is 22.4. The molecule has 0 aliphatic carbocycles. The van der Waals surface area contributed by atoms with Gasteiger partial charge in [0.05, 0.1) is 10.5 Å². The van der Waals surface area contributed by atoms with Crippen molar-refractivity contribution in [3.05, 3.63) is 68.4 Å². The van der Waals surface area contributed by atoms with Crippen LogP contribution in [0.5, 0.6) is 11.5 Å². The van der Waals surface area contributed by atoms with E-state index >= 15 is 0 Å². The molecule has 1 aliphatic heterocycles. The van der Waals surface area contributed by atoms with Crippen molar-refractivity contribution < 1.29 is 19.6 Å². The lowest BCUT2D eigenvalue weighted by molar-refractivity contribution is -0.384. The number of rotatable bonds is 2. The number of benzene rings is 2. The molecule has 7 heteroatoms. The lowest BCUT2D eigenvalue weighted by Crippen LogP contribution is -1.98. The van der Waals surface area contributed by atoms with Gasteiger partial charge in [-0.3, -0.25) is 14.9 Å². The summed E-state index contributed by atoms with van der Waals surface area (Å²) in [6.07, 6.45) is 1.39. The van der Waals surface area contributed by atoms with Crippen LogP contribution in [0.1, 0.15) is 15.9 Å². The summed E-state index contributed by atoms with van der Waals surface area (Å²) < 4.78 is 5.38. The molecule has 110 valence electrons. The summed E-state index contributed by atoms with van der Waals surface area (Å²) in [5.41, 5.74) is 0.487. The molecule has 1 N–H and O–H groups in total. The molecule has 22 heavy (non-hydrogen) atoms. The van der Waals surface area contributed by atoms with Crippen LogP contribution < -0.4 is 4.74 Å². The highest BCUT2D eigenvalue weighted by molar-refractivity contribution is 6.32. The number of phenols is 1. The summed E-state index contributed by atoms with van der Waals surface area (Å²) in [5.74, 6) is -0.0977. The number of carbonyl (C=O) groups is 1. The van der Waals surface area contributed by atoms with E-state index in [0.717, 1.165) is 0 Å². The van der Waals surface area contributed by atoms with E-state index in [1.54, 1.807) is 6.07 Å². The molecule has 6 nitrogen and oxygen atoms in total. The van der Waals surface area contributed by atoms with Gasteiger partial charge in [0.15, 0.2) is 5.76 Å². The Labute approximate surface area is 129 Å². The fourth-order valence-electron chi connectivity index (χ4n) is 2.09. The van der Waals surface area contributed by atoms with E-state index in [1.807, 2.05) is 0 Å². The first kappa shape index (κ1) is 14.1. The number of fused-ring (bicyclic) bond motifs is 1. The van der Waals surface area contributed by atoms with Crippen molar-refractivity contribution in [3.8, 4) is 11.5 Å². The fraction of sp³-hybridized carbons (Fsp3) is 0. The number of nitro benzene ring substituents is 1. The average molecular weight is 318 g/mol. The zero-order valence-electron chi connectivity index (χ0n) is 10.9. The van der Waals surface area contributed by atoms with Crippen molar-refractivity contribution in [1.29, 1.82) is 0 Å². The quantitative estimate of drug-likeness (QED) is 0.519. The van der Waals surface area contributed by atoms with Gasteiger partial charge in [0.2, 0.25) is 5.78 Å². The van der Waals surface area contributed by atoms with E-state index in [1.165, 1.54) is 36.4 Å². The van der Waals surface area contributed by atoms with Gasteiger partial charge < -0.3 is 9.84 Å². The second kappa shape index (κ2) is 5.16. The normalized spacial score (nSPS) is 14.8. The zero-order chi connectivity index (χ0) is 15.9. The molecule has 0 fully saturated rings. The predicted molar refractivity (Wildman–Crippen MR) is 79.1 cm³/mol. The molecule has 0 unspecified atom stereocenters. The third-order valence-corrected chi connectivity index (χ3v) is 3.44. The number of ether oxygens (including phenoxy) is 1. The van der Waals surface area contributed by atoms with Gasteiger partial charge in [-0.1, -0.05) is 17.7 Å². The minimum absolute atomic E-state index is 0.0130. The van der Waals surface area contributed by atoms with Crippen LogP contribution in [0.25, 0.3) is 6.08 Å². The van der Waals surface area contributed by atoms with E-state index in [4.69, 9.17) is 16.3 Å². The SMILES string of the molecule is O=C1C(=Cc2ccc(Cl)c([N+](=O)[O-])c2)Oc2cc(O)ccc21. The van der Waals surface area contributed by atoms with Crippen LogP contribution in [0.2, 0.25) is 5.02 Å². The van der Waals surface area contributed by atoms with Gasteiger partial charge in [-0.15, -0.1) is 0 Å². The molecular formula is C15H8ClNO5. The topological polar surface area (TPSA) is 89.7 Å². The van der Waals surface area contributed by atoms with Gasteiger partial charge in [0, 0.05) is 12.1 Å². The first-order valence-electron chi connectivity index (χ1n) is 6.17. The van der Waals surface area contributed by atoms with Crippen LogP contribution in [0.15, 0.2) is 42.2 Å². The number of nitro groups is 1. The number of nitrogens with zero attached hydrogens (tertiary/aromatic N) is 1. The minimum atomic E-state index is -0.603. The highest BCUT2D eigenvalue weighted by atomic mass is 35.5. The molecule has 2 aromatic carbocycles. The number of hydrogen-bond donors (Lipinski definition) is 1. The summed E-state index contributed by atoms with van der Waals surface area (Å²) >= 11 is 5.74. The molecule has 0 radical (unpaired) electrons. The van der Waals surface area contributed by atoms with Crippen LogP contribution >= 0.6 is 11.6 Å². The van der Waals surface area contributed by atoms with E-state index in [-0.39, 0.29) is 33.8 Å². The molecule has 1 aliphatic rings. The zero-order valence-corrected chi connectivity index (χ0v) is 11.7. The molecular weight excluding hydrogens is 310 g/mol. The number of carbonyl (C=O) groups excluding carboxylic acids is 1. The monoisotopic (exact) mass is 317 g/mol. The van der Waals surface area contributed by atoms with Gasteiger partial charge in [-0.2, -0.15) is 0 Å². The molecule has 2 aromatic rings. The summed E-state index contributed by atoms with van der Waals surface area (Å²) in [6.45, 7) is 0. The molecule has 0 amide bonds. The Kier molecular flexibility index (Phi) is 3.30. The Bertz CT molecular complexity index is 844. The Morgan fingerprint density at radius 1 is 1.23 bits per heavy atom. The summed E-state index contributed by atoms with van der Waals surface area (Å²) in [5, 5.41) is 20.3. The third-order valence-electron chi connectivity index (χ3n) is 3.12. The first-order chi connectivity index (χ1) is 10.5. The van der Waals surface area contributed by atoms with Crippen molar-refractivity contribution >= 4 is 29.1 Å². The molecule has 0 saturated carbocycles. The maximum atomic E-state index is 12.2. The van der Waals surface area contributed by atoms with E-state index in [9.17, 15) is 20.0 Å². The maximum Gasteiger partial charge on any atom is 0.288 e. The second-order valence-electron chi connectivity index (χ2n) is 4.59. The first-order valence-corrected chi connectivity index (χ1v) is 6.55. The Balaban J connectivity index is 1.99.